The number of rotatable bonds is 3. The van der Waals surface area contributed by atoms with E-state index in [1.165, 1.54) is 0 Å². The Morgan fingerprint density at radius 2 is 2.29 bits per heavy atom. The number of nitrogens with one attached hydrogen (secondary N) is 1. The maximum absolute atomic E-state index is 6.09. The van der Waals surface area contributed by atoms with Gasteiger partial charge in [-0.15, -0.1) is 0 Å². The molecule has 1 aromatic carbocycles. The van der Waals surface area contributed by atoms with Crippen molar-refractivity contribution in [1.29, 1.82) is 0 Å². The van der Waals surface area contributed by atoms with Crippen LogP contribution in [0.1, 0.15) is 30.0 Å². The largest absolute Gasteiger partial charge is 0.381 e. The Hall–Kier alpha value is -0.610. The molecular weight excluding hydrogens is 236 g/mol. The van der Waals surface area contributed by atoms with Gasteiger partial charge in [0.1, 0.15) is 0 Å². The summed E-state index contributed by atoms with van der Waals surface area (Å²) in [7, 11) is 0. The average molecular weight is 255 g/mol. The van der Waals surface area contributed by atoms with Crippen LogP contribution in [0.3, 0.4) is 0 Å². The lowest BCUT2D eigenvalue weighted by Crippen LogP contribution is -2.37. The van der Waals surface area contributed by atoms with Gasteiger partial charge in [-0.3, -0.25) is 11.3 Å². The first kappa shape index (κ1) is 12.8. The van der Waals surface area contributed by atoms with Crippen LogP contribution in [0.2, 0.25) is 5.02 Å². The van der Waals surface area contributed by atoms with Gasteiger partial charge in [0, 0.05) is 17.5 Å². The molecule has 2 unspecified atom stereocenters. The third kappa shape index (κ3) is 3.19. The Balaban J connectivity index is 2.21. The highest BCUT2D eigenvalue weighted by Gasteiger charge is 2.25. The molecule has 1 saturated heterocycles. The van der Waals surface area contributed by atoms with E-state index in [-0.39, 0.29) is 6.04 Å². The average Bonchev–Trinajstić information content (AvgIpc) is 2.30. The number of hydrogen-bond donors (Lipinski definition) is 2. The third-order valence-corrected chi connectivity index (χ3v) is 3.49. The quantitative estimate of drug-likeness (QED) is 0.644. The van der Waals surface area contributed by atoms with Crippen molar-refractivity contribution in [3.8, 4) is 0 Å². The Morgan fingerprint density at radius 1 is 1.47 bits per heavy atom. The second-order valence-electron chi connectivity index (χ2n) is 4.68. The minimum absolute atomic E-state index is 0.118. The number of hydrazine groups is 1. The van der Waals surface area contributed by atoms with Crippen molar-refractivity contribution in [1.82, 2.24) is 5.43 Å². The van der Waals surface area contributed by atoms with Crippen molar-refractivity contribution in [2.75, 3.05) is 13.2 Å². The van der Waals surface area contributed by atoms with Crippen LogP contribution in [0.4, 0.5) is 0 Å². The molecule has 2 atom stereocenters. The van der Waals surface area contributed by atoms with E-state index in [1.807, 2.05) is 19.1 Å². The van der Waals surface area contributed by atoms with E-state index in [0.717, 1.165) is 42.2 Å². The van der Waals surface area contributed by atoms with Crippen LogP contribution in [0, 0.1) is 12.8 Å². The zero-order chi connectivity index (χ0) is 12.3. The molecule has 0 aliphatic carbocycles. The second kappa shape index (κ2) is 5.83. The molecule has 4 heteroatoms. The molecule has 3 nitrogen and oxygen atoms in total. The van der Waals surface area contributed by atoms with Crippen molar-refractivity contribution in [3.05, 3.63) is 34.3 Å². The summed E-state index contributed by atoms with van der Waals surface area (Å²) in [5.74, 6) is 6.11. The number of benzene rings is 1. The Morgan fingerprint density at radius 3 is 2.88 bits per heavy atom. The van der Waals surface area contributed by atoms with Crippen molar-refractivity contribution in [2.24, 2.45) is 11.8 Å². The molecule has 0 bridgehead atoms. The molecule has 0 radical (unpaired) electrons. The van der Waals surface area contributed by atoms with Gasteiger partial charge >= 0.3 is 0 Å². The number of nitrogens with two attached hydrogens (primary N) is 1. The second-order valence-corrected chi connectivity index (χ2v) is 5.12. The lowest BCUT2D eigenvalue weighted by Gasteiger charge is -2.30. The SMILES string of the molecule is Cc1cc(Cl)cc(C(NN)C2CCCOC2)c1. The van der Waals surface area contributed by atoms with E-state index in [1.54, 1.807) is 0 Å². The van der Waals surface area contributed by atoms with E-state index in [0.29, 0.717) is 5.92 Å². The molecule has 1 heterocycles. The zero-order valence-electron chi connectivity index (χ0n) is 10.1. The van der Waals surface area contributed by atoms with Crippen molar-refractivity contribution in [2.45, 2.75) is 25.8 Å². The monoisotopic (exact) mass is 254 g/mol. The Kier molecular flexibility index (Phi) is 4.40. The maximum Gasteiger partial charge on any atom is 0.0513 e. The molecule has 1 aliphatic heterocycles. The van der Waals surface area contributed by atoms with Crippen molar-refractivity contribution >= 4 is 11.6 Å². The normalized spacial score (nSPS) is 22.4. The third-order valence-electron chi connectivity index (χ3n) is 3.27. The van der Waals surface area contributed by atoms with Crippen LogP contribution in [0.15, 0.2) is 18.2 Å². The van der Waals surface area contributed by atoms with Crippen LogP contribution in [0.25, 0.3) is 0 Å². The molecular formula is C13H19ClN2O. The maximum atomic E-state index is 6.09. The lowest BCUT2D eigenvalue weighted by atomic mass is 9.88. The van der Waals surface area contributed by atoms with E-state index < -0.39 is 0 Å². The van der Waals surface area contributed by atoms with Gasteiger partial charge in [-0.25, -0.2) is 0 Å². The molecule has 0 amide bonds. The van der Waals surface area contributed by atoms with Crippen LogP contribution in [0.5, 0.6) is 0 Å². The molecule has 3 N–H and O–H groups in total. The fourth-order valence-electron chi connectivity index (χ4n) is 2.48. The van der Waals surface area contributed by atoms with E-state index >= 15 is 0 Å². The number of halogens is 1. The summed E-state index contributed by atoms with van der Waals surface area (Å²) in [5.41, 5.74) is 5.21. The Labute approximate surface area is 107 Å². The predicted molar refractivity (Wildman–Crippen MR) is 69.8 cm³/mol. The lowest BCUT2D eigenvalue weighted by molar-refractivity contribution is 0.0390. The Bertz CT molecular complexity index is 357. The highest BCUT2D eigenvalue weighted by Crippen LogP contribution is 2.30. The first-order valence-electron chi connectivity index (χ1n) is 6.01. The summed E-state index contributed by atoms with van der Waals surface area (Å²) in [6, 6.07) is 6.18. The number of ether oxygens (including phenoxy) is 1. The van der Waals surface area contributed by atoms with Gasteiger partial charge in [-0.2, -0.15) is 0 Å². The summed E-state index contributed by atoms with van der Waals surface area (Å²) in [4.78, 5) is 0. The van der Waals surface area contributed by atoms with Gasteiger partial charge in [0.2, 0.25) is 0 Å². The predicted octanol–water partition coefficient (Wildman–Crippen LogP) is 2.58. The van der Waals surface area contributed by atoms with E-state index in [9.17, 15) is 0 Å². The van der Waals surface area contributed by atoms with Crippen molar-refractivity contribution in [3.63, 3.8) is 0 Å². The molecule has 1 aromatic rings. The molecule has 17 heavy (non-hydrogen) atoms. The van der Waals surface area contributed by atoms with Gasteiger partial charge in [0.05, 0.1) is 12.6 Å². The molecule has 1 aliphatic rings. The zero-order valence-corrected chi connectivity index (χ0v) is 10.8. The molecule has 2 rings (SSSR count). The molecule has 0 aromatic heterocycles. The standard InChI is InChI=1S/C13H19ClN2O/c1-9-5-11(7-12(14)6-9)13(16-15)10-3-2-4-17-8-10/h5-7,10,13,16H,2-4,8,15H2,1H3. The molecule has 1 fully saturated rings. The van der Waals surface area contributed by atoms with E-state index in [2.05, 4.69) is 11.5 Å². The fraction of sp³-hybridized carbons (Fsp3) is 0.538. The first-order valence-corrected chi connectivity index (χ1v) is 6.39. The summed E-state index contributed by atoms with van der Waals surface area (Å²) < 4.78 is 5.52. The topological polar surface area (TPSA) is 47.3 Å². The van der Waals surface area contributed by atoms with Crippen LogP contribution in [-0.2, 0) is 4.74 Å². The highest BCUT2D eigenvalue weighted by atomic mass is 35.5. The van der Waals surface area contributed by atoms with Gasteiger partial charge in [-0.1, -0.05) is 17.7 Å². The van der Waals surface area contributed by atoms with Gasteiger partial charge in [0.15, 0.2) is 0 Å². The van der Waals surface area contributed by atoms with E-state index in [4.69, 9.17) is 22.2 Å². The summed E-state index contributed by atoms with van der Waals surface area (Å²) in [5, 5.41) is 0.761. The number of aryl methyl sites for hydroxylation is 1. The van der Waals surface area contributed by atoms with Crippen LogP contribution < -0.4 is 11.3 Å². The van der Waals surface area contributed by atoms with Gasteiger partial charge in [-0.05, 0) is 43.0 Å². The van der Waals surface area contributed by atoms with Gasteiger partial charge in [0.25, 0.3) is 0 Å². The summed E-state index contributed by atoms with van der Waals surface area (Å²) in [6.45, 7) is 3.67. The number of hydrogen-bond acceptors (Lipinski definition) is 3. The summed E-state index contributed by atoms with van der Waals surface area (Å²) >= 11 is 6.09. The molecule has 0 saturated carbocycles. The summed E-state index contributed by atoms with van der Waals surface area (Å²) in [6.07, 6.45) is 2.24. The minimum atomic E-state index is 0.118. The molecule has 0 spiro atoms. The van der Waals surface area contributed by atoms with Crippen LogP contribution >= 0.6 is 11.6 Å². The fourth-order valence-corrected chi connectivity index (χ4v) is 2.78. The molecule has 94 valence electrons. The highest BCUT2D eigenvalue weighted by molar-refractivity contribution is 6.30. The van der Waals surface area contributed by atoms with Crippen molar-refractivity contribution < 1.29 is 4.74 Å². The first-order chi connectivity index (χ1) is 8.20. The van der Waals surface area contributed by atoms with Gasteiger partial charge < -0.3 is 4.74 Å². The minimum Gasteiger partial charge on any atom is -0.381 e. The van der Waals surface area contributed by atoms with Crippen LogP contribution in [-0.4, -0.2) is 13.2 Å². The smallest absolute Gasteiger partial charge is 0.0513 e.